The summed E-state index contributed by atoms with van der Waals surface area (Å²) in [5.41, 5.74) is 6.26. The third-order valence-electron chi connectivity index (χ3n) is 3.72. The van der Waals surface area contributed by atoms with Crippen molar-refractivity contribution in [1.29, 1.82) is 0 Å². The molecule has 0 aliphatic heterocycles. The van der Waals surface area contributed by atoms with E-state index in [1.165, 1.54) is 28.1 Å². The van der Waals surface area contributed by atoms with E-state index in [0.29, 0.717) is 0 Å². The van der Waals surface area contributed by atoms with Gasteiger partial charge in [-0.1, -0.05) is 48.5 Å². The van der Waals surface area contributed by atoms with Gasteiger partial charge in [-0.15, -0.1) is 0 Å². The Balaban J connectivity index is 0.000000399. The number of hydrogen-bond donors (Lipinski definition) is 0. The minimum Gasteiger partial charge on any atom is -0.418 e. The van der Waals surface area contributed by atoms with E-state index in [1.807, 2.05) is 0 Å². The van der Waals surface area contributed by atoms with Crippen molar-refractivity contribution in [3.05, 3.63) is 78.5 Å². The van der Waals surface area contributed by atoms with E-state index >= 15 is 0 Å². The fraction of sp³-hybridized carbons (Fsp3) is 0.105. The highest BCUT2D eigenvalue weighted by molar-refractivity contribution is 6.50. The average Bonchev–Trinajstić information content (AvgIpc) is 2.57. The Hall–Kier alpha value is -2.63. The first kappa shape index (κ1) is 18.7. The molecule has 6 heteroatoms. The van der Waals surface area contributed by atoms with Crippen molar-refractivity contribution in [3.63, 3.8) is 0 Å². The van der Waals surface area contributed by atoms with Crippen LogP contribution in [0, 0.1) is 6.92 Å². The monoisotopic (exact) mass is 347 g/mol. The molecule has 0 bridgehead atoms. The number of benzene rings is 2. The minimum absolute atomic E-state index is 1.24. The summed E-state index contributed by atoms with van der Waals surface area (Å²) < 4.78 is 41.2. The molecule has 1 nitrogen and oxygen atoms in total. The predicted octanol–water partition coefficient (Wildman–Crippen LogP) is 5.45. The predicted molar refractivity (Wildman–Crippen MR) is 93.4 cm³/mol. The lowest BCUT2D eigenvalue weighted by atomic mass is 10.0. The molecule has 1 aromatic heterocycles. The fourth-order valence-corrected chi connectivity index (χ4v) is 2.48. The zero-order valence-electron chi connectivity index (χ0n) is 14.0. The fourth-order valence-electron chi connectivity index (χ4n) is 2.48. The highest BCUT2D eigenvalue weighted by Gasteiger charge is 2.20. The highest BCUT2D eigenvalue weighted by atomic mass is 19.5. The summed E-state index contributed by atoms with van der Waals surface area (Å²) in [4.78, 5) is 0. The number of hydrogen-bond acceptors (Lipinski definition) is 0. The Kier molecular flexibility index (Phi) is 5.96. The van der Waals surface area contributed by atoms with Crippen molar-refractivity contribution in [2.24, 2.45) is 7.05 Å². The van der Waals surface area contributed by atoms with Gasteiger partial charge in [0.05, 0.1) is 0 Å². The molecule has 0 amide bonds. The summed E-state index contributed by atoms with van der Waals surface area (Å²) in [6, 6.07) is 25.6. The molecular weight excluding hydrogens is 329 g/mol. The molecule has 2 aromatic carbocycles. The second-order valence-electron chi connectivity index (χ2n) is 5.56. The van der Waals surface area contributed by atoms with Crippen LogP contribution in [-0.2, 0) is 7.05 Å². The molecule has 0 atom stereocenters. The summed E-state index contributed by atoms with van der Waals surface area (Å²) in [7, 11) is -3.88. The molecule has 0 unspecified atom stereocenters. The van der Waals surface area contributed by atoms with Gasteiger partial charge in [-0.2, -0.15) is 4.57 Å². The molecule has 0 aliphatic rings. The van der Waals surface area contributed by atoms with Crippen LogP contribution in [0.4, 0.5) is 17.3 Å². The number of halogens is 4. The summed E-state index contributed by atoms with van der Waals surface area (Å²) in [5.74, 6) is 0. The molecule has 130 valence electrons. The van der Waals surface area contributed by atoms with Crippen molar-refractivity contribution >= 4 is 7.25 Å². The van der Waals surface area contributed by atoms with Crippen LogP contribution < -0.4 is 4.57 Å². The van der Waals surface area contributed by atoms with Gasteiger partial charge < -0.3 is 17.3 Å². The molecule has 3 rings (SSSR count). The second kappa shape index (κ2) is 7.97. The number of pyridine rings is 1. The van der Waals surface area contributed by atoms with Crippen LogP contribution in [-0.4, -0.2) is 7.25 Å². The first-order valence-electron chi connectivity index (χ1n) is 7.74. The van der Waals surface area contributed by atoms with Crippen LogP contribution in [0.1, 0.15) is 5.69 Å². The Morgan fingerprint density at radius 2 is 1.12 bits per heavy atom. The molecule has 1 heterocycles. The quantitative estimate of drug-likeness (QED) is 0.330. The van der Waals surface area contributed by atoms with Gasteiger partial charge in [0.25, 0.3) is 0 Å². The summed E-state index contributed by atoms with van der Waals surface area (Å²) >= 11 is 0. The molecule has 3 aromatic rings. The van der Waals surface area contributed by atoms with Gasteiger partial charge in [0.2, 0.25) is 5.69 Å². The van der Waals surface area contributed by atoms with Gasteiger partial charge in [-0.25, -0.2) is 0 Å². The van der Waals surface area contributed by atoms with E-state index in [4.69, 9.17) is 0 Å². The maximum Gasteiger partial charge on any atom is 0.673 e. The lowest BCUT2D eigenvalue weighted by molar-refractivity contribution is -0.666. The molecule has 0 saturated carbocycles. The van der Waals surface area contributed by atoms with Crippen molar-refractivity contribution in [2.75, 3.05) is 0 Å². The summed E-state index contributed by atoms with van der Waals surface area (Å²) in [5, 5.41) is 0. The molecule has 0 fully saturated rings. The van der Waals surface area contributed by atoms with Gasteiger partial charge in [-0.05, 0) is 23.3 Å². The first-order chi connectivity index (χ1) is 11.8. The van der Waals surface area contributed by atoms with E-state index in [1.54, 1.807) is 0 Å². The minimum atomic E-state index is -6.00. The van der Waals surface area contributed by atoms with Crippen LogP contribution in [0.15, 0.2) is 72.8 Å². The van der Waals surface area contributed by atoms with Crippen LogP contribution in [0.2, 0.25) is 0 Å². The van der Waals surface area contributed by atoms with E-state index in [0.717, 1.165) is 0 Å². The molecule has 0 saturated heterocycles. The zero-order valence-corrected chi connectivity index (χ0v) is 14.0. The number of aromatic nitrogens is 1. The Bertz CT molecular complexity index is 812. The maximum atomic E-state index is 9.75. The summed E-state index contributed by atoms with van der Waals surface area (Å²) in [6.07, 6.45) is 0. The van der Waals surface area contributed by atoms with Crippen molar-refractivity contribution < 1.29 is 21.8 Å². The Labute approximate surface area is 144 Å². The van der Waals surface area contributed by atoms with E-state index in [9.17, 15) is 17.3 Å². The molecule has 0 aliphatic carbocycles. The average molecular weight is 347 g/mol. The van der Waals surface area contributed by atoms with Crippen LogP contribution in [0.25, 0.3) is 22.4 Å². The lowest BCUT2D eigenvalue weighted by Crippen LogP contribution is -2.34. The van der Waals surface area contributed by atoms with Gasteiger partial charge >= 0.3 is 7.25 Å². The molecule has 0 radical (unpaired) electrons. The first-order valence-corrected chi connectivity index (χ1v) is 7.74. The summed E-state index contributed by atoms with van der Waals surface area (Å²) in [6.45, 7) is 2.15. The van der Waals surface area contributed by atoms with Gasteiger partial charge in [0.15, 0.2) is 5.69 Å². The van der Waals surface area contributed by atoms with E-state index in [2.05, 4.69) is 91.3 Å². The normalized spacial score (nSPS) is 10.8. The van der Waals surface area contributed by atoms with Crippen molar-refractivity contribution in [2.45, 2.75) is 6.92 Å². The number of rotatable bonds is 2. The number of nitrogens with zero attached hydrogens (tertiary/aromatic N) is 1. The smallest absolute Gasteiger partial charge is 0.418 e. The standard InChI is InChI=1S/C19H18N.BF4/c1-15-13-18(16-9-5-3-6-10-16)14-19(20(15)2)17-11-7-4-8-12-17;2-1(3,4)5/h3-14H,1-2H3;/q+1;-1. The van der Waals surface area contributed by atoms with Crippen LogP contribution in [0.5, 0.6) is 0 Å². The Morgan fingerprint density at radius 3 is 1.60 bits per heavy atom. The second-order valence-corrected chi connectivity index (χ2v) is 5.56. The van der Waals surface area contributed by atoms with Gasteiger partial charge in [0, 0.05) is 24.6 Å². The SMILES string of the molecule is Cc1cc(-c2ccccc2)cc(-c2ccccc2)[n+]1C.F[B-](F)(F)F. The molecule has 0 N–H and O–H groups in total. The third kappa shape index (κ3) is 5.74. The van der Waals surface area contributed by atoms with Gasteiger partial charge in [0.1, 0.15) is 7.05 Å². The van der Waals surface area contributed by atoms with E-state index in [-0.39, 0.29) is 0 Å². The number of aryl methyl sites for hydroxylation is 1. The Morgan fingerprint density at radius 1 is 0.680 bits per heavy atom. The van der Waals surface area contributed by atoms with Crippen LogP contribution >= 0.6 is 0 Å². The van der Waals surface area contributed by atoms with Crippen LogP contribution in [0.3, 0.4) is 0 Å². The van der Waals surface area contributed by atoms with Crippen molar-refractivity contribution in [3.8, 4) is 22.4 Å². The third-order valence-corrected chi connectivity index (χ3v) is 3.72. The molecule has 0 spiro atoms. The lowest BCUT2D eigenvalue weighted by Gasteiger charge is -2.07. The molecule has 25 heavy (non-hydrogen) atoms. The maximum absolute atomic E-state index is 9.75. The highest BCUT2D eigenvalue weighted by Crippen LogP contribution is 2.24. The largest absolute Gasteiger partial charge is 0.673 e. The van der Waals surface area contributed by atoms with E-state index < -0.39 is 7.25 Å². The zero-order chi connectivity index (χ0) is 18.4. The van der Waals surface area contributed by atoms with Gasteiger partial charge in [-0.3, -0.25) is 0 Å². The molecular formula is C19H18BF4N. The van der Waals surface area contributed by atoms with Crippen molar-refractivity contribution in [1.82, 2.24) is 0 Å². The topological polar surface area (TPSA) is 3.88 Å².